The van der Waals surface area contributed by atoms with E-state index in [0.717, 1.165) is 32.1 Å². The molecule has 1 rings (SSSR count). The minimum atomic E-state index is 0.253. The van der Waals surface area contributed by atoms with Crippen LogP contribution in [0.2, 0.25) is 0 Å². The van der Waals surface area contributed by atoms with Crippen LogP contribution >= 0.6 is 0 Å². The van der Waals surface area contributed by atoms with Gasteiger partial charge in [-0.25, -0.2) is 0 Å². The molecule has 1 unspecified atom stereocenters. The fourth-order valence-corrected chi connectivity index (χ4v) is 1.98. The average Bonchev–Trinajstić information content (AvgIpc) is 2.41. The highest BCUT2D eigenvalue weighted by Gasteiger charge is 2.10. The molecule has 0 aliphatic rings. The number of nitrogens with one attached hydrogen (secondary N) is 1. The number of benzene rings is 1. The van der Waals surface area contributed by atoms with Crippen LogP contribution in [0.25, 0.3) is 0 Å². The largest absolute Gasteiger partial charge is 0.496 e. The third-order valence-electron chi connectivity index (χ3n) is 3.24. The van der Waals surface area contributed by atoms with Crippen molar-refractivity contribution in [1.82, 2.24) is 10.2 Å². The lowest BCUT2D eigenvalue weighted by atomic mass is 10.1. The van der Waals surface area contributed by atoms with Crippen molar-refractivity contribution in [2.75, 3.05) is 47.5 Å². The maximum Gasteiger partial charge on any atom is 0.123 e. The summed E-state index contributed by atoms with van der Waals surface area (Å²) in [5, 5.41) is 3.46. The number of hydrogen-bond acceptors (Lipinski definition) is 4. The fraction of sp³-hybridized carbons (Fsp3) is 0.625. The van der Waals surface area contributed by atoms with Crippen LogP contribution in [-0.4, -0.2) is 52.4 Å². The van der Waals surface area contributed by atoms with Gasteiger partial charge in [0.1, 0.15) is 5.75 Å². The van der Waals surface area contributed by atoms with E-state index in [1.807, 2.05) is 14.1 Å². The lowest BCUT2D eigenvalue weighted by Gasteiger charge is -2.18. The van der Waals surface area contributed by atoms with Gasteiger partial charge in [-0.3, -0.25) is 0 Å². The molecule has 0 radical (unpaired) electrons. The summed E-state index contributed by atoms with van der Waals surface area (Å²) >= 11 is 0. The highest BCUT2D eigenvalue weighted by molar-refractivity contribution is 5.38. The quantitative estimate of drug-likeness (QED) is 0.703. The van der Waals surface area contributed by atoms with E-state index < -0.39 is 0 Å². The molecule has 0 amide bonds. The molecule has 0 spiro atoms. The first-order valence-electron chi connectivity index (χ1n) is 7.15. The topological polar surface area (TPSA) is 33.7 Å². The van der Waals surface area contributed by atoms with Crippen LogP contribution in [0.4, 0.5) is 0 Å². The lowest BCUT2D eigenvalue weighted by Crippen LogP contribution is -2.25. The van der Waals surface area contributed by atoms with Crippen LogP contribution in [0.1, 0.15) is 24.1 Å². The molecule has 0 aliphatic carbocycles. The Bertz CT molecular complexity index is 394. The van der Waals surface area contributed by atoms with Crippen molar-refractivity contribution in [1.29, 1.82) is 0 Å². The molecular formula is C16H28N2O2. The Kier molecular flexibility index (Phi) is 7.59. The van der Waals surface area contributed by atoms with Crippen LogP contribution in [0.15, 0.2) is 18.2 Å². The van der Waals surface area contributed by atoms with E-state index in [4.69, 9.17) is 9.47 Å². The average molecular weight is 280 g/mol. The van der Waals surface area contributed by atoms with Gasteiger partial charge in [0.25, 0.3) is 0 Å². The van der Waals surface area contributed by atoms with Gasteiger partial charge in [0.15, 0.2) is 0 Å². The summed E-state index contributed by atoms with van der Waals surface area (Å²) in [7, 11) is 5.82. The van der Waals surface area contributed by atoms with Crippen molar-refractivity contribution in [2.45, 2.75) is 19.9 Å². The summed E-state index contributed by atoms with van der Waals surface area (Å²) in [4.78, 5) is 2.12. The number of rotatable bonds is 9. The smallest absolute Gasteiger partial charge is 0.123 e. The van der Waals surface area contributed by atoms with Crippen molar-refractivity contribution in [2.24, 2.45) is 0 Å². The van der Waals surface area contributed by atoms with Gasteiger partial charge in [0.05, 0.1) is 20.3 Å². The Hall–Kier alpha value is -1.10. The van der Waals surface area contributed by atoms with E-state index in [0.29, 0.717) is 0 Å². The maximum atomic E-state index is 5.57. The maximum absolute atomic E-state index is 5.57. The SMILES string of the molecule is COc1cc(C)ccc1C(C)NCCOCCN(C)C. The van der Waals surface area contributed by atoms with Gasteiger partial charge in [-0.05, 0) is 39.6 Å². The molecule has 1 aromatic carbocycles. The van der Waals surface area contributed by atoms with Gasteiger partial charge in [0.2, 0.25) is 0 Å². The van der Waals surface area contributed by atoms with Gasteiger partial charge < -0.3 is 19.7 Å². The summed E-state index contributed by atoms with van der Waals surface area (Å²) in [5.74, 6) is 0.943. The molecule has 0 aromatic heterocycles. The highest BCUT2D eigenvalue weighted by atomic mass is 16.5. The number of aryl methyl sites for hydroxylation is 1. The van der Waals surface area contributed by atoms with Crippen LogP contribution in [0.5, 0.6) is 5.75 Å². The van der Waals surface area contributed by atoms with E-state index in [-0.39, 0.29) is 6.04 Å². The summed E-state index contributed by atoms with van der Waals surface area (Å²) in [6.45, 7) is 7.52. The Morgan fingerprint density at radius 3 is 2.65 bits per heavy atom. The summed E-state index contributed by atoms with van der Waals surface area (Å²) in [6, 6.07) is 6.56. The fourth-order valence-electron chi connectivity index (χ4n) is 1.98. The summed E-state index contributed by atoms with van der Waals surface area (Å²) in [5.41, 5.74) is 2.40. The Labute approximate surface area is 123 Å². The van der Waals surface area contributed by atoms with Gasteiger partial charge in [-0.1, -0.05) is 12.1 Å². The molecule has 0 saturated heterocycles. The minimum absolute atomic E-state index is 0.253. The molecule has 0 saturated carbocycles. The molecule has 20 heavy (non-hydrogen) atoms. The third kappa shape index (κ3) is 5.90. The summed E-state index contributed by atoms with van der Waals surface area (Å²) in [6.07, 6.45) is 0. The van der Waals surface area contributed by atoms with Crippen LogP contribution < -0.4 is 10.1 Å². The van der Waals surface area contributed by atoms with Crippen molar-refractivity contribution in [3.05, 3.63) is 29.3 Å². The second-order valence-corrected chi connectivity index (χ2v) is 5.34. The van der Waals surface area contributed by atoms with E-state index in [1.165, 1.54) is 11.1 Å². The van der Waals surface area contributed by atoms with Crippen LogP contribution in [0, 0.1) is 6.92 Å². The van der Waals surface area contributed by atoms with Gasteiger partial charge in [-0.2, -0.15) is 0 Å². The van der Waals surface area contributed by atoms with Crippen LogP contribution in [-0.2, 0) is 4.74 Å². The molecule has 4 heteroatoms. The predicted molar refractivity (Wildman–Crippen MR) is 83.5 cm³/mol. The van der Waals surface area contributed by atoms with Gasteiger partial charge >= 0.3 is 0 Å². The van der Waals surface area contributed by atoms with Gasteiger partial charge in [0, 0.05) is 24.7 Å². The Morgan fingerprint density at radius 2 is 2.00 bits per heavy atom. The minimum Gasteiger partial charge on any atom is -0.496 e. The third-order valence-corrected chi connectivity index (χ3v) is 3.24. The molecule has 0 bridgehead atoms. The Morgan fingerprint density at radius 1 is 1.25 bits per heavy atom. The van der Waals surface area contributed by atoms with Crippen LogP contribution in [0.3, 0.4) is 0 Å². The molecule has 1 aromatic rings. The standard InChI is InChI=1S/C16H28N2O2/c1-13-6-7-15(16(12-13)19-5)14(2)17-8-10-20-11-9-18(3)4/h6-7,12,14,17H,8-11H2,1-5H3. The lowest BCUT2D eigenvalue weighted by molar-refractivity contribution is 0.118. The molecule has 0 heterocycles. The number of hydrogen-bond donors (Lipinski definition) is 1. The van der Waals surface area contributed by atoms with E-state index >= 15 is 0 Å². The highest BCUT2D eigenvalue weighted by Crippen LogP contribution is 2.25. The molecule has 114 valence electrons. The predicted octanol–water partition coefficient (Wildman–Crippen LogP) is 2.23. The molecule has 1 atom stereocenters. The first-order valence-corrected chi connectivity index (χ1v) is 7.15. The Balaban J connectivity index is 2.34. The second-order valence-electron chi connectivity index (χ2n) is 5.34. The second kappa shape index (κ2) is 8.95. The summed E-state index contributed by atoms with van der Waals surface area (Å²) < 4.78 is 11.0. The number of likely N-dealkylation sites (N-methyl/N-ethyl adjacent to an activating group) is 1. The zero-order valence-corrected chi connectivity index (χ0v) is 13.4. The monoisotopic (exact) mass is 280 g/mol. The normalized spacial score (nSPS) is 12.7. The molecule has 0 aliphatic heterocycles. The molecular weight excluding hydrogens is 252 g/mol. The zero-order valence-electron chi connectivity index (χ0n) is 13.4. The van der Waals surface area contributed by atoms with Crippen molar-refractivity contribution in [3.8, 4) is 5.75 Å². The molecule has 4 nitrogen and oxygen atoms in total. The van der Waals surface area contributed by atoms with Gasteiger partial charge in [-0.15, -0.1) is 0 Å². The number of ether oxygens (including phenoxy) is 2. The number of nitrogens with zero attached hydrogens (tertiary/aromatic N) is 1. The first-order chi connectivity index (χ1) is 9.54. The van der Waals surface area contributed by atoms with E-state index in [9.17, 15) is 0 Å². The molecule has 0 fully saturated rings. The van der Waals surface area contributed by atoms with E-state index in [2.05, 4.69) is 42.3 Å². The van der Waals surface area contributed by atoms with Crippen molar-refractivity contribution >= 4 is 0 Å². The number of methoxy groups -OCH3 is 1. The van der Waals surface area contributed by atoms with E-state index in [1.54, 1.807) is 7.11 Å². The molecule has 1 N–H and O–H groups in total. The zero-order chi connectivity index (χ0) is 15.0. The first kappa shape index (κ1) is 17.0. The van der Waals surface area contributed by atoms with Crippen molar-refractivity contribution < 1.29 is 9.47 Å². The van der Waals surface area contributed by atoms with Crippen molar-refractivity contribution in [3.63, 3.8) is 0 Å².